The predicted octanol–water partition coefficient (Wildman–Crippen LogP) is 1.28. The Morgan fingerprint density at radius 1 is 1.38 bits per heavy atom. The Bertz CT molecular complexity index is 557. The lowest BCUT2D eigenvalue weighted by atomic mass is 10.1. The van der Waals surface area contributed by atoms with Crippen LogP contribution in [-0.2, 0) is 4.79 Å². The van der Waals surface area contributed by atoms with Crippen molar-refractivity contribution in [3.05, 3.63) is 33.9 Å². The van der Waals surface area contributed by atoms with E-state index in [1.165, 1.54) is 12.1 Å². The minimum Gasteiger partial charge on any atom is -0.316 e. The summed E-state index contributed by atoms with van der Waals surface area (Å²) in [6, 6.07) is 3.61. The minimum atomic E-state index is -0.809. The van der Waals surface area contributed by atoms with Crippen LogP contribution in [0, 0.1) is 10.1 Å². The third kappa shape index (κ3) is 2.88. The van der Waals surface area contributed by atoms with Crippen LogP contribution in [0.2, 0.25) is 0 Å². The van der Waals surface area contributed by atoms with Gasteiger partial charge >= 0.3 is 0 Å². The number of benzene rings is 1. The number of amides is 1. The van der Waals surface area contributed by atoms with E-state index in [0.29, 0.717) is 17.8 Å². The zero-order valence-corrected chi connectivity index (χ0v) is 12.3. The first-order valence-corrected chi connectivity index (χ1v) is 7.07. The lowest BCUT2D eigenvalue weighted by Crippen LogP contribution is -2.38. The third-order valence-corrected chi connectivity index (χ3v) is 3.91. The molecule has 21 heavy (non-hydrogen) atoms. The van der Waals surface area contributed by atoms with Gasteiger partial charge in [0.15, 0.2) is 0 Å². The second-order valence-corrected chi connectivity index (χ2v) is 4.99. The van der Waals surface area contributed by atoms with Crippen molar-refractivity contribution < 1.29 is 9.72 Å². The highest BCUT2D eigenvalue weighted by atomic mass is 16.6. The van der Waals surface area contributed by atoms with Crippen LogP contribution in [0.25, 0.3) is 0 Å². The number of rotatable bonds is 6. The lowest BCUT2D eigenvalue weighted by molar-refractivity contribution is -0.384. The molecule has 0 aromatic heterocycles. The van der Waals surface area contributed by atoms with E-state index in [1.807, 2.05) is 0 Å². The Morgan fingerprint density at radius 3 is 2.62 bits per heavy atom. The molecule has 1 unspecified atom stereocenters. The molecule has 0 fully saturated rings. The van der Waals surface area contributed by atoms with Gasteiger partial charge in [0.05, 0.1) is 4.92 Å². The molecule has 0 radical (unpaired) electrons. The topological polar surface area (TPSA) is 92.7 Å². The molecule has 1 aliphatic rings. The number of carbonyl (C=O) groups is 1. The van der Waals surface area contributed by atoms with E-state index in [9.17, 15) is 14.9 Å². The third-order valence-electron chi connectivity index (χ3n) is 3.91. The highest BCUT2D eigenvalue weighted by Gasteiger charge is 2.35. The molecule has 1 aromatic rings. The van der Waals surface area contributed by atoms with Gasteiger partial charge in [-0.3, -0.25) is 14.9 Å². The molecule has 2 N–H and O–H groups in total. The Balaban J connectivity index is 2.23. The van der Waals surface area contributed by atoms with Crippen molar-refractivity contribution >= 4 is 17.3 Å². The molecule has 1 heterocycles. The summed E-state index contributed by atoms with van der Waals surface area (Å²) < 4.78 is 0. The van der Waals surface area contributed by atoms with Gasteiger partial charge < -0.3 is 15.5 Å². The molecule has 0 saturated carbocycles. The molecule has 1 amide bonds. The van der Waals surface area contributed by atoms with Crippen molar-refractivity contribution in [1.82, 2.24) is 4.90 Å². The van der Waals surface area contributed by atoms with Gasteiger partial charge in [0.1, 0.15) is 6.04 Å². The van der Waals surface area contributed by atoms with Crippen LogP contribution >= 0.6 is 0 Å². The van der Waals surface area contributed by atoms with E-state index in [4.69, 9.17) is 5.73 Å². The van der Waals surface area contributed by atoms with Crippen molar-refractivity contribution in [3.63, 3.8) is 0 Å². The van der Waals surface area contributed by atoms with Crippen molar-refractivity contribution in [2.45, 2.75) is 19.9 Å². The monoisotopic (exact) mass is 292 g/mol. The number of hydrogen-bond acceptors (Lipinski definition) is 5. The maximum absolute atomic E-state index is 12.2. The SMILES string of the molecule is CCN(CC)CCN1C(=O)C(N)c2cc([N+](=O)[O-])ccc21. The van der Waals surface area contributed by atoms with Crippen LogP contribution in [0.15, 0.2) is 18.2 Å². The van der Waals surface area contributed by atoms with E-state index in [-0.39, 0.29) is 11.6 Å². The number of hydrogen-bond donors (Lipinski definition) is 1. The van der Waals surface area contributed by atoms with E-state index >= 15 is 0 Å². The van der Waals surface area contributed by atoms with Crippen LogP contribution in [0.4, 0.5) is 11.4 Å². The second-order valence-electron chi connectivity index (χ2n) is 4.99. The first-order chi connectivity index (χ1) is 9.99. The summed E-state index contributed by atoms with van der Waals surface area (Å²) in [6.07, 6.45) is 0. The van der Waals surface area contributed by atoms with Crippen molar-refractivity contribution in [2.24, 2.45) is 5.73 Å². The summed E-state index contributed by atoms with van der Waals surface area (Å²) in [5.41, 5.74) is 7.08. The standard InChI is InChI=1S/C14H20N4O3/c1-3-16(4-2)7-8-17-12-6-5-10(18(20)21)9-11(12)13(15)14(17)19/h5-6,9,13H,3-4,7-8,15H2,1-2H3. The number of carbonyl (C=O) groups excluding carboxylic acids is 1. The number of non-ortho nitro benzene ring substituents is 1. The zero-order valence-electron chi connectivity index (χ0n) is 12.3. The van der Waals surface area contributed by atoms with E-state index in [2.05, 4.69) is 18.7 Å². The van der Waals surface area contributed by atoms with Crippen LogP contribution in [0.1, 0.15) is 25.5 Å². The quantitative estimate of drug-likeness (QED) is 0.630. The van der Waals surface area contributed by atoms with E-state index in [0.717, 1.165) is 19.6 Å². The first kappa shape index (κ1) is 15.4. The van der Waals surface area contributed by atoms with Gasteiger partial charge in [0.2, 0.25) is 5.91 Å². The molecular formula is C14H20N4O3. The summed E-state index contributed by atoms with van der Waals surface area (Å²) in [6.45, 7) is 7.26. The molecule has 2 rings (SSSR count). The minimum absolute atomic E-state index is 0.0393. The van der Waals surface area contributed by atoms with Crippen molar-refractivity contribution in [2.75, 3.05) is 31.1 Å². The van der Waals surface area contributed by atoms with Crippen LogP contribution in [-0.4, -0.2) is 41.9 Å². The van der Waals surface area contributed by atoms with Gasteiger partial charge in [-0.2, -0.15) is 0 Å². The fourth-order valence-electron chi connectivity index (χ4n) is 2.58. The zero-order chi connectivity index (χ0) is 15.6. The fourth-order valence-corrected chi connectivity index (χ4v) is 2.58. The predicted molar refractivity (Wildman–Crippen MR) is 80.2 cm³/mol. The normalized spacial score (nSPS) is 17.4. The number of anilines is 1. The molecule has 1 atom stereocenters. The molecular weight excluding hydrogens is 272 g/mol. The molecule has 7 nitrogen and oxygen atoms in total. The Labute approximate surface area is 123 Å². The van der Waals surface area contributed by atoms with Gasteiger partial charge in [-0.1, -0.05) is 13.8 Å². The fraction of sp³-hybridized carbons (Fsp3) is 0.500. The van der Waals surface area contributed by atoms with Gasteiger partial charge in [-0.05, 0) is 19.2 Å². The Hall–Kier alpha value is -1.99. The Kier molecular flexibility index (Phi) is 4.54. The summed E-state index contributed by atoms with van der Waals surface area (Å²) in [5, 5.41) is 10.8. The lowest BCUT2D eigenvalue weighted by Gasteiger charge is -2.23. The molecule has 1 aromatic carbocycles. The first-order valence-electron chi connectivity index (χ1n) is 7.07. The summed E-state index contributed by atoms with van der Waals surface area (Å²) in [4.78, 5) is 26.4. The second kappa shape index (κ2) is 6.19. The van der Waals surface area contributed by atoms with E-state index in [1.54, 1.807) is 11.0 Å². The number of nitro benzene ring substituents is 1. The summed E-state index contributed by atoms with van der Waals surface area (Å²) >= 11 is 0. The largest absolute Gasteiger partial charge is 0.316 e. The number of likely N-dealkylation sites (N-methyl/N-ethyl adjacent to an activating group) is 1. The smallest absolute Gasteiger partial charge is 0.269 e. The molecule has 0 aliphatic carbocycles. The van der Waals surface area contributed by atoms with Crippen LogP contribution < -0.4 is 10.6 Å². The average Bonchev–Trinajstić information content (AvgIpc) is 2.72. The number of nitrogens with two attached hydrogens (primary N) is 1. The number of nitrogens with zero attached hydrogens (tertiary/aromatic N) is 3. The van der Waals surface area contributed by atoms with Crippen molar-refractivity contribution in [1.29, 1.82) is 0 Å². The maximum atomic E-state index is 12.2. The van der Waals surface area contributed by atoms with Gasteiger partial charge in [0.25, 0.3) is 5.69 Å². The van der Waals surface area contributed by atoms with Crippen LogP contribution in [0.3, 0.4) is 0 Å². The summed E-state index contributed by atoms with van der Waals surface area (Å²) in [5.74, 6) is -0.197. The maximum Gasteiger partial charge on any atom is 0.269 e. The van der Waals surface area contributed by atoms with Crippen molar-refractivity contribution in [3.8, 4) is 0 Å². The molecule has 0 bridgehead atoms. The van der Waals surface area contributed by atoms with E-state index < -0.39 is 11.0 Å². The molecule has 1 aliphatic heterocycles. The highest BCUT2D eigenvalue weighted by molar-refractivity contribution is 6.04. The molecule has 0 saturated heterocycles. The average molecular weight is 292 g/mol. The molecule has 0 spiro atoms. The number of nitro groups is 1. The summed E-state index contributed by atoms with van der Waals surface area (Å²) in [7, 11) is 0. The Morgan fingerprint density at radius 2 is 2.05 bits per heavy atom. The highest BCUT2D eigenvalue weighted by Crippen LogP contribution is 2.36. The van der Waals surface area contributed by atoms with Gasteiger partial charge in [0, 0.05) is 36.5 Å². The number of fused-ring (bicyclic) bond motifs is 1. The van der Waals surface area contributed by atoms with Gasteiger partial charge in [-0.25, -0.2) is 0 Å². The van der Waals surface area contributed by atoms with Gasteiger partial charge in [-0.15, -0.1) is 0 Å². The molecule has 7 heteroatoms. The molecule has 114 valence electrons. The van der Waals surface area contributed by atoms with Crippen LogP contribution in [0.5, 0.6) is 0 Å².